The van der Waals surface area contributed by atoms with Gasteiger partial charge in [0.1, 0.15) is 0 Å². The summed E-state index contributed by atoms with van der Waals surface area (Å²) in [6.07, 6.45) is 13.1. The Bertz CT molecular complexity index is 1300. The number of aliphatic carboxylic acids is 1. The fraction of sp³-hybridized carbons (Fsp3) is 0.344. The van der Waals surface area contributed by atoms with Crippen LogP contribution in [-0.2, 0) is 4.79 Å². The van der Waals surface area contributed by atoms with E-state index in [9.17, 15) is 4.79 Å². The van der Waals surface area contributed by atoms with Crippen molar-refractivity contribution >= 4 is 28.6 Å². The number of carboxylic acid groups (broad SMARTS) is 1. The molecular weight excluding hydrogens is 476 g/mol. The van der Waals surface area contributed by atoms with E-state index in [2.05, 4.69) is 85.3 Å². The number of carbonyl (C=O) groups is 1. The summed E-state index contributed by atoms with van der Waals surface area (Å²) in [4.78, 5) is 20.7. The van der Waals surface area contributed by atoms with Crippen molar-refractivity contribution < 1.29 is 9.90 Å². The summed E-state index contributed by atoms with van der Waals surface area (Å²) in [5.41, 5.74) is 8.03. The monoisotopic (exact) mass is 510 g/mol. The first kappa shape index (κ1) is 25.3. The van der Waals surface area contributed by atoms with Crippen LogP contribution in [0.5, 0.6) is 0 Å². The number of benzene rings is 1. The average molecular weight is 511 g/mol. The zero-order valence-electron chi connectivity index (χ0n) is 21.5. The number of aromatic nitrogens is 1. The van der Waals surface area contributed by atoms with E-state index >= 15 is 0 Å². The predicted molar refractivity (Wildman–Crippen MR) is 153 cm³/mol. The quantitative estimate of drug-likeness (QED) is 0.327. The first-order valence-corrected chi connectivity index (χ1v) is 14.2. The fourth-order valence-corrected chi connectivity index (χ4v) is 6.21. The Labute approximate surface area is 223 Å². The fourth-order valence-electron chi connectivity index (χ4n) is 5.55. The van der Waals surface area contributed by atoms with Gasteiger partial charge in [0.05, 0.1) is 11.7 Å². The molecular formula is C32H34N2O2S. The second kappa shape index (κ2) is 11.4. The summed E-state index contributed by atoms with van der Waals surface area (Å²) in [6.45, 7) is 4.29. The molecule has 0 bridgehead atoms. The van der Waals surface area contributed by atoms with E-state index in [1.807, 2.05) is 6.20 Å². The summed E-state index contributed by atoms with van der Waals surface area (Å²) < 4.78 is 0. The van der Waals surface area contributed by atoms with Crippen LogP contribution >= 0.6 is 11.3 Å². The highest BCUT2D eigenvalue weighted by atomic mass is 32.1. The third-order valence-electron chi connectivity index (χ3n) is 7.82. The van der Waals surface area contributed by atoms with Crippen molar-refractivity contribution in [1.82, 2.24) is 4.98 Å². The predicted octanol–water partition coefficient (Wildman–Crippen LogP) is 8.03. The van der Waals surface area contributed by atoms with E-state index in [1.165, 1.54) is 16.7 Å². The highest BCUT2D eigenvalue weighted by molar-refractivity contribution is 7.08. The molecule has 0 saturated heterocycles. The largest absolute Gasteiger partial charge is 0.481 e. The average Bonchev–Trinajstić information content (AvgIpc) is 3.45. The van der Waals surface area contributed by atoms with Gasteiger partial charge >= 0.3 is 5.97 Å². The molecule has 1 fully saturated rings. The zero-order chi connectivity index (χ0) is 25.8. The van der Waals surface area contributed by atoms with Crippen molar-refractivity contribution in [1.29, 1.82) is 0 Å². The number of nitrogens with zero attached hydrogens (tertiary/aromatic N) is 2. The number of hydrogen-bond acceptors (Lipinski definition) is 4. The molecule has 0 radical (unpaired) electrons. The Balaban J connectivity index is 1.21. The van der Waals surface area contributed by atoms with Crippen LogP contribution in [0.4, 0.5) is 0 Å². The van der Waals surface area contributed by atoms with Gasteiger partial charge < -0.3 is 5.11 Å². The molecule has 37 heavy (non-hydrogen) atoms. The number of rotatable bonds is 7. The summed E-state index contributed by atoms with van der Waals surface area (Å²) in [5.74, 6) is 0.530. The van der Waals surface area contributed by atoms with Gasteiger partial charge in [-0.25, -0.2) is 0 Å². The minimum absolute atomic E-state index is 0.133. The number of hydrogen-bond donors (Lipinski definition) is 1. The Hall–Kier alpha value is -3.31. The molecule has 2 aliphatic rings. The molecule has 1 saturated carbocycles. The molecule has 2 heterocycles. The number of thiophene rings is 1. The molecule has 5 rings (SSSR count). The van der Waals surface area contributed by atoms with Crippen molar-refractivity contribution in [2.45, 2.75) is 57.9 Å². The highest BCUT2D eigenvalue weighted by Crippen LogP contribution is 2.37. The summed E-state index contributed by atoms with van der Waals surface area (Å²) in [6, 6.07) is 15.2. The zero-order valence-corrected chi connectivity index (χ0v) is 22.3. The van der Waals surface area contributed by atoms with Gasteiger partial charge in [0, 0.05) is 35.4 Å². The SMILES string of the molecule is CC(=NC1C=CC(c2ccsc2)=CC1C)c1ccc(-c2ccc(C3CCC(CC(=O)O)CC3)cc2)nc1. The number of allylic oxidation sites excluding steroid dienone is 2. The van der Waals surface area contributed by atoms with Gasteiger partial charge in [-0.05, 0) is 90.1 Å². The van der Waals surface area contributed by atoms with Crippen LogP contribution in [0.15, 0.2) is 82.6 Å². The standard InChI is InChI=1S/C32H34N2O2S/c1-21-17-27(29-15-16-37-20-29)11-13-30(21)34-22(2)28-12-14-31(33-19-28)26-9-7-25(8-10-26)24-5-3-23(4-6-24)18-32(35)36/h7-17,19-21,23-24,30H,3-6,18H2,1-2H3,(H,35,36). The lowest BCUT2D eigenvalue weighted by Gasteiger charge is -2.28. The molecule has 3 aromatic rings. The second-order valence-corrected chi connectivity index (χ2v) is 11.2. The Morgan fingerprint density at radius 2 is 1.84 bits per heavy atom. The van der Waals surface area contributed by atoms with Crippen LogP contribution in [0.1, 0.15) is 68.6 Å². The van der Waals surface area contributed by atoms with Crippen LogP contribution in [0, 0.1) is 11.8 Å². The molecule has 2 aromatic heterocycles. The van der Waals surface area contributed by atoms with Crippen molar-refractivity contribution in [2.75, 3.05) is 0 Å². The Morgan fingerprint density at radius 3 is 2.46 bits per heavy atom. The third kappa shape index (κ3) is 6.16. The van der Waals surface area contributed by atoms with Gasteiger partial charge in [0.25, 0.3) is 0 Å². The van der Waals surface area contributed by atoms with E-state index in [0.717, 1.165) is 48.2 Å². The lowest BCUT2D eigenvalue weighted by atomic mass is 9.77. The van der Waals surface area contributed by atoms with Gasteiger partial charge in [-0.3, -0.25) is 14.8 Å². The van der Waals surface area contributed by atoms with Gasteiger partial charge in [-0.1, -0.05) is 49.4 Å². The van der Waals surface area contributed by atoms with Crippen LogP contribution in [0.2, 0.25) is 0 Å². The van der Waals surface area contributed by atoms with E-state index < -0.39 is 5.97 Å². The van der Waals surface area contributed by atoms with Gasteiger partial charge in [0.2, 0.25) is 0 Å². The van der Waals surface area contributed by atoms with Gasteiger partial charge in [0.15, 0.2) is 0 Å². The molecule has 2 aliphatic carbocycles. The molecule has 0 spiro atoms. The normalized spacial score (nSPS) is 24.1. The molecule has 2 atom stereocenters. The molecule has 2 unspecified atom stereocenters. The lowest BCUT2D eigenvalue weighted by molar-refractivity contribution is -0.138. The summed E-state index contributed by atoms with van der Waals surface area (Å²) >= 11 is 1.73. The van der Waals surface area contributed by atoms with Crippen LogP contribution in [-0.4, -0.2) is 27.8 Å². The molecule has 5 heteroatoms. The Morgan fingerprint density at radius 1 is 1.05 bits per heavy atom. The molecule has 1 N–H and O–H groups in total. The van der Waals surface area contributed by atoms with Crippen LogP contribution in [0.25, 0.3) is 16.8 Å². The third-order valence-corrected chi connectivity index (χ3v) is 8.50. The minimum Gasteiger partial charge on any atom is -0.481 e. The topological polar surface area (TPSA) is 62.5 Å². The molecule has 0 aliphatic heterocycles. The smallest absolute Gasteiger partial charge is 0.303 e. The number of carboxylic acids is 1. The number of pyridine rings is 1. The minimum atomic E-state index is -0.672. The van der Waals surface area contributed by atoms with Crippen molar-refractivity contribution in [3.05, 3.63) is 94.3 Å². The van der Waals surface area contributed by atoms with Crippen LogP contribution < -0.4 is 0 Å². The second-order valence-electron chi connectivity index (χ2n) is 10.4. The number of aliphatic imine (C=N–C) groups is 1. The maximum absolute atomic E-state index is 11.0. The lowest BCUT2D eigenvalue weighted by Crippen LogP contribution is -2.16. The molecule has 190 valence electrons. The van der Waals surface area contributed by atoms with E-state index in [-0.39, 0.29) is 6.04 Å². The summed E-state index contributed by atoms with van der Waals surface area (Å²) in [5, 5.41) is 13.3. The Kier molecular flexibility index (Phi) is 7.80. The van der Waals surface area contributed by atoms with Gasteiger partial charge in [-0.15, -0.1) is 0 Å². The summed E-state index contributed by atoms with van der Waals surface area (Å²) in [7, 11) is 0. The first-order valence-electron chi connectivity index (χ1n) is 13.2. The van der Waals surface area contributed by atoms with Crippen molar-refractivity contribution in [2.24, 2.45) is 16.8 Å². The van der Waals surface area contributed by atoms with E-state index in [1.54, 1.807) is 11.3 Å². The highest BCUT2D eigenvalue weighted by Gasteiger charge is 2.24. The van der Waals surface area contributed by atoms with E-state index in [0.29, 0.717) is 24.2 Å². The molecule has 1 aromatic carbocycles. The van der Waals surface area contributed by atoms with Gasteiger partial charge in [-0.2, -0.15) is 11.3 Å². The van der Waals surface area contributed by atoms with Crippen molar-refractivity contribution in [3.8, 4) is 11.3 Å². The van der Waals surface area contributed by atoms with Crippen LogP contribution in [0.3, 0.4) is 0 Å². The van der Waals surface area contributed by atoms with Crippen molar-refractivity contribution in [3.63, 3.8) is 0 Å². The first-order chi connectivity index (χ1) is 18.0. The van der Waals surface area contributed by atoms with E-state index in [4.69, 9.17) is 15.1 Å². The molecule has 4 nitrogen and oxygen atoms in total. The molecule has 0 amide bonds. The maximum atomic E-state index is 11.0. The maximum Gasteiger partial charge on any atom is 0.303 e.